The van der Waals surface area contributed by atoms with Crippen LogP contribution in [0.2, 0.25) is 0 Å². The van der Waals surface area contributed by atoms with Crippen molar-refractivity contribution < 1.29 is 14.6 Å². The fourth-order valence-corrected chi connectivity index (χ4v) is 6.45. The number of hydrogen-bond acceptors (Lipinski definition) is 3. The number of aliphatic hydroxyl groups is 1. The predicted molar refractivity (Wildman–Crippen MR) is 113 cm³/mol. The number of aryl methyl sites for hydroxylation is 2. The Hall–Kier alpha value is -2.13. The normalized spacial score (nSPS) is 32.8. The van der Waals surface area contributed by atoms with E-state index in [0.29, 0.717) is 29.1 Å². The van der Waals surface area contributed by atoms with Crippen LogP contribution in [0, 0.1) is 24.2 Å². The first-order valence-corrected chi connectivity index (χ1v) is 11.1. The zero-order valence-electron chi connectivity index (χ0n) is 17.4. The molecule has 0 heterocycles. The zero-order chi connectivity index (χ0) is 20.2. The SMILES string of the molecule is Cc1ccc(C(=O)Oc2ccc3c(c2)CC[C@@H]2[C@@H]3CC[C@]3(C)C(O)CC[C@@H]23)cc1. The number of hydrogen-bond donors (Lipinski definition) is 1. The lowest BCUT2D eigenvalue weighted by Gasteiger charge is -2.50. The topological polar surface area (TPSA) is 46.5 Å². The van der Waals surface area contributed by atoms with Crippen molar-refractivity contribution in [3.05, 3.63) is 64.7 Å². The fourth-order valence-electron chi connectivity index (χ4n) is 6.45. The summed E-state index contributed by atoms with van der Waals surface area (Å²) in [6, 6.07) is 13.7. The van der Waals surface area contributed by atoms with Gasteiger partial charge in [-0.1, -0.05) is 30.7 Å². The monoisotopic (exact) mass is 390 g/mol. The maximum atomic E-state index is 12.5. The summed E-state index contributed by atoms with van der Waals surface area (Å²) in [5.74, 6) is 2.25. The molecule has 2 saturated carbocycles. The molecule has 2 aromatic rings. The molecule has 0 aromatic heterocycles. The Balaban J connectivity index is 1.36. The van der Waals surface area contributed by atoms with E-state index in [0.717, 1.165) is 31.2 Å². The molecule has 29 heavy (non-hydrogen) atoms. The maximum absolute atomic E-state index is 12.5. The molecule has 2 fully saturated rings. The Kier molecular flexibility index (Phi) is 4.54. The summed E-state index contributed by atoms with van der Waals surface area (Å²) < 4.78 is 5.67. The van der Waals surface area contributed by atoms with Crippen molar-refractivity contribution in [2.75, 3.05) is 0 Å². The summed E-state index contributed by atoms with van der Waals surface area (Å²) in [5, 5.41) is 10.6. The van der Waals surface area contributed by atoms with Crippen LogP contribution in [0.5, 0.6) is 5.75 Å². The van der Waals surface area contributed by atoms with Crippen molar-refractivity contribution in [1.82, 2.24) is 0 Å². The minimum Gasteiger partial charge on any atom is -0.423 e. The lowest BCUT2D eigenvalue weighted by Crippen LogP contribution is -2.43. The Morgan fingerprint density at radius 2 is 1.86 bits per heavy atom. The van der Waals surface area contributed by atoms with Gasteiger partial charge in [0.1, 0.15) is 5.75 Å². The molecule has 2 aromatic carbocycles. The zero-order valence-corrected chi connectivity index (χ0v) is 17.4. The van der Waals surface area contributed by atoms with Gasteiger partial charge in [0.15, 0.2) is 0 Å². The van der Waals surface area contributed by atoms with E-state index in [9.17, 15) is 9.90 Å². The minimum atomic E-state index is -0.299. The van der Waals surface area contributed by atoms with Crippen molar-refractivity contribution in [2.24, 2.45) is 17.3 Å². The van der Waals surface area contributed by atoms with E-state index >= 15 is 0 Å². The third-order valence-corrected chi connectivity index (χ3v) is 8.15. The summed E-state index contributed by atoms with van der Waals surface area (Å²) in [4.78, 5) is 12.5. The van der Waals surface area contributed by atoms with E-state index in [4.69, 9.17) is 4.74 Å². The smallest absolute Gasteiger partial charge is 0.343 e. The van der Waals surface area contributed by atoms with Crippen molar-refractivity contribution in [2.45, 2.75) is 64.4 Å². The molecule has 3 aliphatic carbocycles. The largest absolute Gasteiger partial charge is 0.423 e. The third kappa shape index (κ3) is 3.11. The molecule has 5 atom stereocenters. The lowest BCUT2D eigenvalue weighted by molar-refractivity contribution is -0.0226. The number of carbonyl (C=O) groups excluding carboxylic acids is 1. The molecule has 1 N–H and O–H groups in total. The number of benzene rings is 2. The Bertz CT molecular complexity index is 931. The average Bonchev–Trinajstić information content (AvgIpc) is 3.03. The second kappa shape index (κ2) is 6.98. The molecular formula is C26H30O3. The van der Waals surface area contributed by atoms with Crippen LogP contribution in [0.15, 0.2) is 42.5 Å². The van der Waals surface area contributed by atoms with Crippen LogP contribution in [0.4, 0.5) is 0 Å². The van der Waals surface area contributed by atoms with Gasteiger partial charge in [0, 0.05) is 0 Å². The molecule has 0 bridgehead atoms. The molecule has 1 unspecified atom stereocenters. The van der Waals surface area contributed by atoms with E-state index in [1.807, 2.05) is 37.3 Å². The predicted octanol–water partition coefficient (Wildman–Crippen LogP) is 5.43. The second-order valence-electron chi connectivity index (χ2n) is 9.67. The standard InChI is InChI=1S/C26H30O3/c1-16-3-5-17(6-4-16)25(28)29-19-8-10-20-18(15-19)7-9-22-21(20)13-14-26(2)23(22)11-12-24(26)27/h3-6,8,10,15,21-24,27H,7,9,11-14H2,1-2H3/t21-,22-,23+,24?,26+/m1/s1. The molecule has 0 radical (unpaired) electrons. The molecule has 3 aliphatic rings. The van der Waals surface area contributed by atoms with Gasteiger partial charge in [-0.3, -0.25) is 0 Å². The quantitative estimate of drug-likeness (QED) is 0.549. The maximum Gasteiger partial charge on any atom is 0.343 e. The van der Waals surface area contributed by atoms with Gasteiger partial charge in [0.05, 0.1) is 11.7 Å². The van der Waals surface area contributed by atoms with Gasteiger partial charge in [-0.2, -0.15) is 0 Å². The molecule has 0 amide bonds. The number of carbonyl (C=O) groups is 1. The van der Waals surface area contributed by atoms with Crippen molar-refractivity contribution in [3.63, 3.8) is 0 Å². The van der Waals surface area contributed by atoms with Gasteiger partial charge >= 0.3 is 5.97 Å². The van der Waals surface area contributed by atoms with Crippen LogP contribution in [-0.2, 0) is 6.42 Å². The van der Waals surface area contributed by atoms with E-state index in [2.05, 4.69) is 19.1 Å². The second-order valence-corrected chi connectivity index (χ2v) is 9.67. The van der Waals surface area contributed by atoms with E-state index in [1.54, 1.807) is 0 Å². The first-order valence-electron chi connectivity index (χ1n) is 11.1. The van der Waals surface area contributed by atoms with Gasteiger partial charge in [0.25, 0.3) is 0 Å². The van der Waals surface area contributed by atoms with Gasteiger partial charge in [0.2, 0.25) is 0 Å². The Morgan fingerprint density at radius 1 is 1.07 bits per heavy atom. The number of aliphatic hydroxyl groups excluding tert-OH is 1. The highest BCUT2D eigenvalue weighted by Gasteiger charge is 2.54. The van der Waals surface area contributed by atoms with Crippen LogP contribution in [0.25, 0.3) is 0 Å². The lowest BCUT2D eigenvalue weighted by atomic mass is 9.55. The number of esters is 1. The van der Waals surface area contributed by atoms with E-state index in [1.165, 1.54) is 24.0 Å². The van der Waals surface area contributed by atoms with Gasteiger partial charge in [-0.25, -0.2) is 4.79 Å². The highest BCUT2D eigenvalue weighted by atomic mass is 16.5. The summed E-state index contributed by atoms with van der Waals surface area (Å²) in [5.41, 5.74) is 4.60. The molecule has 0 spiro atoms. The van der Waals surface area contributed by atoms with Crippen LogP contribution in [0.3, 0.4) is 0 Å². The highest BCUT2D eigenvalue weighted by Crippen LogP contribution is 2.60. The Morgan fingerprint density at radius 3 is 2.66 bits per heavy atom. The number of fused-ring (bicyclic) bond motifs is 5. The van der Waals surface area contributed by atoms with Gasteiger partial charge < -0.3 is 9.84 Å². The van der Waals surface area contributed by atoms with E-state index in [-0.39, 0.29) is 17.5 Å². The third-order valence-electron chi connectivity index (χ3n) is 8.15. The average molecular weight is 391 g/mol. The van der Waals surface area contributed by atoms with Crippen molar-refractivity contribution in [1.29, 1.82) is 0 Å². The summed E-state index contributed by atoms with van der Waals surface area (Å²) in [6.07, 6.45) is 6.49. The molecule has 0 saturated heterocycles. The number of rotatable bonds is 2. The molecule has 0 aliphatic heterocycles. The summed E-state index contributed by atoms with van der Waals surface area (Å²) in [7, 11) is 0. The molecule has 3 nitrogen and oxygen atoms in total. The first kappa shape index (κ1) is 18.9. The first-order chi connectivity index (χ1) is 14.0. The molecule has 152 valence electrons. The Labute approximate surface area is 173 Å². The van der Waals surface area contributed by atoms with Crippen LogP contribution in [0.1, 0.15) is 72.0 Å². The fraction of sp³-hybridized carbons (Fsp3) is 0.500. The van der Waals surface area contributed by atoms with Crippen LogP contribution in [-0.4, -0.2) is 17.2 Å². The van der Waals surface area contributed by atoms with Gasteiger partial charge in [-0.05, 0) is 104 Å². The summed E-state index contributed by atoms with van der Waals surface area (Å²) in [6.45, 7) is 4.32. The van der Waals surface area contributed by atoms with Crippen LogP contribution >= 0.6 is 0 Å². The van der Waals surface area contributed by atoms with Crippen molar-refractivity contribution in [3.8, 4) is 5.75 Å². The van der Waals surface area contributed by atoms with Crippen LogP contribution < -0.4 is 4.74 Å². The molecule has 5 rings (SSSR count). The van der Waals surface area contributed by atoms with E-state index < -0.39 is 0 Å². The van der Waals surface area contributed by atoms with Gasteiger partial charge in [-0.15, -0.1) is 0 Å². The minimum absolute atomic E-state index is 0.113. The summed E-state index contributed by atoms with van der Waals surface area (Å²) >= 11 is 0. The molecular weight excluding hydrogens is 360 g/mol. The number of ether oxygens (including phenoxy) is 1. The highest BCUT2D eigenvalue weighted by molar-refractivity contribution is 5.91. The molecule has 3 heteroatoms. The van der Waals surface area contributed by atoms with Crippen molar-refractivity contribution >= 4 is 5.97 Å².